The van der Waals surface area contributed by atoms with Crippen molar-refractivity contribution in [2.24, 2.45) is 0 Å². The summed E-state index contributed by atoms with van der Waals surface area (Å²) in [7, 11) is -4.05. The van der Waals surface area contributed by atoms with E-state index in [1.54, 1.807) is 6.07 Å². The number of halogens is 2. The monoisotopic (exact) mass is 420 g/mol. The Morgan fingerprint density at radius 1 is 1.18 bits per heavy atom. The van der Waals surface area contributed by atoms with E-state index in [4.69, 9.17) is 20.2 Å². The van der Waals surface area contributed by atoms with Gasteiger partial charge in [-0.3, -0.25) is 0 Å². The smallest absolute Gasteiger partial charge is 0.348 e. The van der Waals surface area contributed by atoms with Crippen molar-refractivity contribution in [3.05, 3.63) is 55.6 Å². The summed E-state index contributed by atoms with van der Waals surface area (Å²) in [6.45, 7) is 0. The van der Waals surface area contributed by atoms with Gasteiger partial charge in [-0.2, -0.15) is 8.42 Å². The number of hydrogen-bond acceptors (Lipinski definition) is 6. The third kappa shape index (κ3) is 3.05. The Kier molecular flexibility index (Phi) is 4.02. The summed E-state index contributed by atoms with van der Waals surface area (Å²) in [6.07, 6.45) is 0. The first-order chi connectivity index (χ1) is 10.3. The highest BCUT2D eigenvalue weighted by molar-refractivity contribution is 9.11. The molecular formula is C13H6BrClO5S2. The highest BCUT2D eigenvalue weighted by atomic mass is 79.9. The minimum atomic E-state index is -4.05. The Bertz CT molecular complexity index is 1020. The third-order valence-corrected chi connectivity index (χ3v) is 6.20. The summed E-state index contributed by atoms with van der Waals surface area (Å²) < 4.78 is 35.3. The Hall–Kier alpha value is -1.35. The maximum Gasteiger partial charge on any atom is 0.348 e. The van der Waals surface area contributed by atoms with Crippen LogP contribution in [0.4, 0.5) is 0 Å². The molecule has 0 saturated carbocycles. The van der Waals surface area contributed by atoms with E-state index in [1.165, 1.54) is 24.3 Å². The van der Waals surface area contributed by atoms with Crippen LogP contribution in [0, 0.1) is 0 Å². The van der Waals surface area contributed by atoms with Gasteiger partial charge in [-0.25, -0.2) is 4.79 Å². The highest BCUT2D eigenvalue weighted by Crippen LogP contribution is 2.32. The molecular weight excluding hydrogens is 416 g/mol. The summed E-state index contributed by atoms with van der Waals surface area (Å²) in [4.78, 5) is 11.5. The van der Waals surface area contributed by atoms with E-state index >= 15 is 0 Å². The van der Waals surface area contributed by atoms with Crippen LogP contribution in [0.25, 0.3) is 11.0 Å². The first kappa shape index (κ1) is 15.5. The van der Waals surface area contributed by atoms with Gasteiger partial charge in [-0.15, -0.1) is 11.3 Å². The summed E-state index contributed by atoms with van der Waals surface area (Å²) in [5.41, 5.74) is -0.526. The zero-order chi connectivity index (χ0) is 15.9. The van der Waals surface area contributed by atoms with Crippen LogP contribution in [0.2, 0.25) is 5.02 Å². The number of hydrogen-bond donors (Lipinski definition) is 0. The molecule has 0 spiro atoms. The topological polar surface area (TPSA) is 73.6 Å². The van der Waals surface area contributed by atoms with E-state index < -0.39 is 15.7 Å². The lowest BCUT2D eigenvalue weighted by Gasteiger charge is -2.07. The standard InChI is InChI=1S/C13H6BrClO5S2/c14-11-3-4-13(21-11)22(17,18)20-10-6-12(16)19-9-2-1-7(15)5-8(9)10/h1-6H. The van der Waals surface area contributed by atoms with Gasteiger partial charge in [0.15, 0.2) is 9.96 Å². The van der Waals surface area contributed by atoms with E-state index in [2.05, 4.69) is 15.9 Å². The summed E-state index contributed by atoms with van der Waals surface area (Å²) in [5, 5.41) is 0.661. The van der Waals surface area contributed by atoms with Gasteiger partial charge < -0.3 is 8.60 Å². The second kappa shape index (κ2) is 5.69. The molecule has 2 aromatic heterocycles. The first-order valence-corrected chi connectivity index (χ1v) is 9.18. The Labute approximate surface area is 142 Å². The molecule has 114 valence electrons. The van der Waals surface area contributed by atoms with E-state index in [1.807, 2.05) is 0 Å². The molecule has 0 saturated heterocycles. The van der Waals surface area contributed by atoms with Gasteiger partial charge in [0.2, 0.25) is 0 Å². The molecule has 1 aromatic carbocycles. The third-order valence-electron chi connectivity index (χ3n) is 2.66. The molecule has 2 heterocycles. The molecule has 0 fully saturated rings. The van der Waals surface area contributed by atoms with E-state index in [-0.39, 0.29) is 15.5 Å². The molecule has 0 N–H and O–H groups in total. The van der Waals surface area contributed by atoms with Crippen LogP contribution >= 0.6 is 38.9 Å². The Balaban J connectivity index is 2.14. The van der Waals surface area contributed by atoms with Crippen LogP contribution in [0.5, 0.6) is 5.75 Å². The number of rotatable bonds is 3. The molecule has 0 unspecified atom stereocenters. The van der Waals surface area contributed by atoms with Crippen molar-refractivity contribution in [3.63, 3.8) is 0 Å². The summed E-state index contributed by atoms with van der Waals surface area (Å²) in [6, 6.07) is 8.44. The molecule has 0 aliphatic carbocycles. The molecule has 0 amide bonds. The van der Waals surface area contributed by atoms with Gasteiger partial charge >= 0.3 is 15.7 Å². The average Bonchev–Trinajstić information content (AvgIpc) is 2.87. The number of fused-ring (bicyclic) bond motifs is 1. The van der Waals surface area contributed by atoms with Crippen LogP contribution in [-0.2, 0) is 10.1 Å². The maximum atomic E-state index is 12.3. The molecule has 22 heavy (non-hydrogen) atoms. The molecule has 0 aliphatic heterocycles. The fraction of sp³-hybridized carbons (Fsp3) is 0. The lowest BCUT2D eigenvalue weighted by atomic mass is 10.2. The SMILES string of the molecule is O=c1cc(OS(=O)(=O)c2ccc(Br)s2)c2cc(Cl)ccc2o1. The molecule has 0 atom stereocenters. The quantitative estimate of drug-likeness (QED) is 0.471. The van der Waals surface area contributed by atoms with Crippen molar-refractivity contribution in [2.45, 2.75) is 4.21 Å². The average molecular weight is 422 g/mol. The normalized spacial score (nSPS) is 11.7. The molecule has 3 rings (SSSR count). The molecule has 0 aliphatic rings. The minimum absolute atomic E-state index is 0.0165. The lowest BCUT2D eigenvalue weighted by molar-refractivity contribution is 0.484. The van der Waals surface area contributed by atoms with Gasteiger partial charge in [0.1, 0.15) is 5.58 Å². The van der Waals surface area contributed by atoms with Crippen molar-refractivity contribution in [3.8, 4) is 5.75 Å². The van der Waals surface area contributed by atoms with Crippen molar-refractivity contribution in [2.75, 3.05) is 0 Å². The largest absolute Gasteiger partial charge is 0.422 e. The summed E-state index contributed by atoms with van der Waals surface area (Å²) >= 11 is 10.1. The maximum absolute atomic E-state index is 12.3. The van der Waals surface area contributed by atoms with E-state index in [0.717, 1.165) is 17.4 Å². The second-order valence-corrected chi connectivity index (χ2v) is 8.84. The van der Waals surface area contributed by atoms with Crippen molar-refractivity contribution < 1.29 is 17.0 Å². The van der Waals surface area contributed by atoms with Crippen molar-refractivity contribution in [1.82, 2.24) is 0 Å². The molecule has 9 heteroatoms. The van der Waals surface area contributed by atoms with E-state index in [9.17, 15) is 13.2 Å². The van der Waals surface area contributed by atoms with Gasteiger partial charge in [0.25, 0.3) is 0 Å². The second-order valence-electron chi connectivity index (χ2n) is 4.17. The van der Waals surface area contributed by atoms with Crippen LogP contribution in [0.1, 0.15) is 0 Å². The van der Waals surface area contributed by atoms with Crippen molar-refractivity contribution in [1.29, 1.82) is 0 Å². The van der Waals surface area contributed by atoms with Crippen molar-refractivity contribution >= 4 is 60.0 Å². The lowest BCUT2D eigenvalue weighted by Crippen LogP contribution is -2.10. The number of benzene rings is 1. The van der Waals surface area contributed by atoms with Crippen LogP contribution < -0.4 is 9.81 Å². The summed E-state index contributed by atoms with van der Waals surface area (Å²) in [5.74, 6) is -0.127. The van der Waals surface area contributed by atoms with E-state index in [0.29, 0.717) is 14.2 Å². The molecule has 5 nitrogen and oxygen atoms in total. The fourth-order valence-corrected chi connectivity index (χ4v) is 4.85. The molecule has 3 aromatic rings. The predicted molar refractivity (Wildman–Crippen MR) is 87.3 cm³/mol. The molecule has 0 bridgehead atoms. The van der Waals surface area contributed by atoms with Gasteiger partial charge in [0.05, 0.1) is 15.2 Å². The van der Waals surface area contributed by atoms with Crippen LogP contribution in [-0.4, -0.2) is 8.42 Å². The fourth-order valence-electron chi connectivity index (χ4n) is 1.77. The van der Waals surface area contributed by atoms with Gasteiger partial charge in [-0.1, -0.05) is 11.6 Å². The zero-order valence-electron chi connectivity index (χ0n) is 10.6. The number of thiophene rings is 1. The Morgan fingerprint density at radius 3 is 2.64 bits per heavy atom. The zero-order valence-corrected chi connectivity index (χ0v) is 14.6. The van der Waals surface area contributed by atoms with Crippen LogP contribution in [0.15, 0.2) is 53.6 Å². The highest BCUT2D eigenvalue weighted by Gasteiger charge is 2.21. The van der Waals surface area contributed by atoms with Gasteiger partial charge in [-0.05, 0) is 46.3 Å². The van der Waals surface area contributed by atoms with Gasteiger partial charge in [0, 0.05) is 5.02 Å². The predicted octanol–water partition coefficient (Wildman–Crippen LogP) is 4.04. The van der Waals surface area contributed by atoms with Crippen LogP contribution in [0.3, 0.4) is 0 Å². The first-order valence-electron chi connectivity index (χ1n) is 5.78. The Morgan fingerprint density at radius 2 is 1.95 bits per heavy atom. The minimum Gasteiger partial charge on any atom is -0.422 e. The molecule has 0 radical (unpaired) electrons.